The molecule has 2 aromatic heterocycles. The molecule has 78 valence electrons. The van der Waals surface area contributed by atoms with Crippen LogP contribution >= 0.6 is 0 Å². The average molecular weight is 204 g/mol. The molecule has 0 bridgehead atoms. The monoisotopic (exact) mass is 204 g/mol. The first-order valence-electron chi connectivity index (χ1n) is 4.78. The highest BCUT2D eigenvalue weighted by Gasteiger charge is 2.04. The van der Waals surface area contributed by atoms with E-state index in [2.05, 4.69) is 9.97 Å². The molecule has 0 aliphatic rings. The van der Waals surface area contributed by atoms with E-state index in [1.165, 1.54) is 6.26 Å². The lowest BCUT2D eigenvalue weighted by Gasteiger charge is -2.08. The molecule has 0 aliphatic heterocycles. The highest BCUT2D eigenvalue weighted by Crippen LogP contribution is 2.17. The highest BCUT2D eigenvalue weighted by molar-refractivity contribution is 5.47. The molecule has 0 unspecified atom stereocenters. The first kappa shape index (κ1) is 9.71. The van der Waals surface area contributed by atoms with Gasteiger partial charge in [0.1, 0.15) is 17.7 Å². The van der Waals surface area contributed by atoms with Crippen LogP contribution in [0.25, 0.3) is 11.6 Å². The van der Waals surface area contributed by atoms with Crippen molar-refractivity contribution in [3.8, 4) is 17.3 Å². The molecule has 0 saturated carbocycles. The maximum absolute atomic E-state index is 5.47. The predicted molar refractivity (Wildman–Crippen MR) is 55.5 cm³/mol. The van der Waals surface area contributed by atoms with Crippen LogP contribution < -0.4 is 4.74 Å². The van der Waals surface area contributed by atoms with Crippen molar-refractivity contribution >= 4 is 0 Å². The van der Waals surface area contributed by atoms with Gasteiger partial charge in [-0.2, -0.15) is 0 Å². The fraction of sp³-hybridized carbons (Fsp3) is 0.273. The summed E-state index contributed by atoms with van der Waals surface area (Å²) in [5.41, 5.74) is 0.705. The predicted octanol–water partition coefficient (Wildman–Crippen LogP) is 2.52. The second-order valence-electron chi connectivity index (χ2n) is 3.38. The van der Waals surface area contributed by atoms with Crippen LogP contribution in [0.2, 0.25) is 0 Å². The number of hydrogen-bond acceptors (Lipinski definition) is 4. The van der Waals surface area contributed by atoms with Crippen LogP contribution in [0.3, 0.4) is 0 Å². The largest absolute Gasteiger partial charge is 0.489 e. The molecule has 0 radical (unpaired) electrons. The van der Waals surface area contributed by atoms with Gasteiger partial charge in [-0.1, -0.05) is 0 Å². The van der Waals surface area contributed by atoms with Crippen LogP contribution in [0, 0.1) is 0 Å². The summed E-state index contributed by atoms with van der Waals surface area (Å²) in [6.45, 7) is 3.95. The van der Waals surface area contributed by atoms with Crippen LogP contribution in [-0.2, 0) is 0 Å². The molecule has 2 heterocycles. The third-order valence-electron chi connectivity index (χ3n) is 1.76. The van der Waals surface area contributed by atoms with Crippen molar-refractivity contribution in [2.24, 2.45) is 0 Å². The Hall–Kier alpha value is -1.84. The molecule has 0 N–H and O–H groups in total. The van der Waals surface area contributed by atoms with Gasteiger partial charge in [0.25, 0.3) is 0 Å². The van der Waals surface area contributed by atoms with Crippen molar-refractivity contribution in [1.29, 1.82) is 0 Å². The molecule has 0 atom stereocenters. The van der Waals surface area contributed by atoms with Crippen molar-refractivity contribution in [3.63, 3.8) is 0 Å². The number of nitrogens with zero attached hydrogens (tertiary/aromatic N) is 2. The molecule has 0 amide bonds. The summed E-state index contributed by atoms with van der Waals surface area (Å²) < 4.78 is 10.6. The van der Waals surface area contributed by atoms with Crippen LogP contribution in [0.5, 0.6) is 5.75 Å². The van der Waals surface area contributed by atoms with E-state index < -0.39 is 0 Å². The summed E-state index contributed by atoms with van der Waals surface area (Å²) in [7, 11) is 0. The minimum atomic E-state index is 0.152. The molecule has 2 rings (SSSR count). The zero-order chi connectivity index (χ0) is 10.7. The van der Waals surface area contributed by atoms with Crippen LogP contribution in [0.4, 0.5) is 0 Å². The van der Waals surface area contributed by atoms with Gasteiger partial charge in [-0.25, -0.2) is 9.97 Å². The fourth-order valence-corrected chi connectivity index (χ4v) is 1.20. The minimum absolute atomic E-state index is 0.152. The Kier molecular flexibility index (Phi) is 2.67. The van der Waals surface area contributed by atoms with Gasteiger partial charge in [0, 0.05) is 0 Å². The molecule has 4 nitrogen and oxygen atoms in total. The van der Waals surface area contributed by atoms with E-state index in [0.717, 1.165) is 5.75 Å². The summed E-state index contributed by atoms with van der Waals surface area (Å²) in [4.78, 5) is 8.20. The van der Waals surface area contributed by atoms with Gasteiger partial charge in [0.2, 0.25) is 5.89 Å². The van der Waals surface area contributed by atoms with E-state index in [0.29, 0.717) is 11.6 Å². The van der Waals surface area contributed by atoms with Gasteiger partial charge >= 0.3 is 0 Å². The molecule has 0 spiro atoms. The zero-order valence-electron chi connectivity index (χ0n) is 8.68. The fourth-order valence-electron chi connectivity index (χ4n) is 1.20. The quantitative estimate of drug-likeness (QED) is 0.770. The Balaban J connectivity index is 2.17. The van der Waals surface area contributed by atoms with E-state index >= 15 is 0 Å². The maximum Gasteiger partial charge on any atom is 0.244 e. The molecular weight excluding hydrogens is 192 g/mol. The molecule has 4 heteroatoms. The van der Waals surface area contributed by atoms with Crippen molar-refractivity contribution in [3.05, 3.63) is 30.8 Å². The Morgan fingerprint density at radius 2 is 2.13 bits per heavy atom. The number of rotatable bonds is 3. The van der Waals surface area contributed by atoms with Crippen molar-refractivity contribution in [2.45, 2.75) is 20.0 Å². The van der Waals surface area contributed by atoms with Crippen molar-refractivity contribution < 1.29 is 9.15 Å². The van der Waals surface area contributed by atoms with Gasteiger partial charge < -0.3 is 9.15 Å². The normalized spacial score (nSPS) is 10.6. The Labute approximate surface area is 87.9 Å². The lowest BCUT2D eigenvalue weighted by Crippen LogP contribution is -2.05. The standard InChI is InChI=1S/C11H12N2O2/c1-8(2)15-9-3-4-10(13-7-9)11-12-5-6-14-11/h3-8H,1-2H3. The van der Waals surface area contributed by atoms with Gasteiger partial charge in [-0.3, -0.25) is 0 Å². The van der Waals surface area contributed by atoms with E-state index in [1.54, 1.807) is 12.4 Å². The number of pyridine rings is 1. The number of oxazole rings is 1. The molecule has 2 aromatic rings. The lowest BCUT2D eigenvalue weighted by atomic mass is 10.3. The Morgan fingerprint density at radius 3 is 2.67 bits per heavy atom. The minimum Gasteiger partial charge on any atom is -0.489 e. The van der Waals surface area contributed by atoms with Crippen LogP contribution in [0.15, 0.2) is 35.2 Å². The Morgan fingerprint density at radius 1 is 1.27 bits per heavy atom. The van der Waals surface area contributed by atoms with Crippen LogP contribution in [-0.4, -0.2) is 16.1 Å². The number of hydrogen-bond donors (Lipinski definition) is 0. The van der Waals surface area contributed by atoms with Crippen LogP contribution in [0.1, 0.15) is 13.8 Å². The summed E-state index contributed by atoms with van der Waals surface area (Å²) >= 11 is 0. The van der Waals surface area contributed by atoms with Crippen molar-refractivity contribution in [2.75, 3.05) is 0 Å². The van der Waals surface area contributed by atoms with E-state index in [4.69, 9.17) is 9.15 Å². The Bertz CT molecular complexity index is 407. The summed E-state index contributed by atoms with van der Waals surface area (Å²) in [6, 6.07) is 3.68. The third kappa shape index (κ3) is 2.34. The first-order chi connectivity index (χ1) is 7.25. The van der Waals surface area contributed by atoms with Crippen molar-refractivity contribution in [1.82, 2.24) is 9.97 Å². The lowest BCUT2D eigenvalue weighted by molar-refractivity contribution is 0.241. The molecule has 0 fully saturated rings. The number of ether oxygens (including phenoxy) is 1. The summed E-state index contributed by atoms with van der Waals surface area (Å²) in [5.74, 6) is 1.27. The summed E-state index contributed by atoms with van der Waals surface area (Å²) in [5, 5.41) is 0. The maximum atomic E-state index is 5.47. The zero-order valence-corrected chi connectivity index (χ0v) is 8.68. The molecule has 15 heavy (non-hydrogen) atoms. The topological polar surface area (TPSA) is 48.2 Å². The van der Waals surface area contributed by atoms with Gasteiger partial charge in [0.05, 0.1) is 18.5 Å². The number of aromatic nitrogens is 2. The first-order valence-corrected chi connectivity index (χ1v) is 4.78. The van der Waals surface area contributed by atoms with E-state index in [1.807, 2.05) is 26.0 Å². The molecule has 0 aromatic carbocycles. The van der Waals surface area contributed by atoms with E-state index in [9.17, 15) is 0 Å². The highest BCUT2D eigenvalue weighted by atomic mass is 16.5. The van der Waals surface area contributed by atoms with Gasteiger partial charge in [-0.15, -0.1) is 0 Å². The van der Waals surface area contributed by atoms with Gasteiger partial charge in [-0.05, 0) is 26.0 Å². The molecule has 0 saturated heterocycles. The SMILES string of the molecule is CC(C)Oc1ccc(-c2ncco2)nc1. The molecule has 0 aliphatic carbocycles. The van der Waals surface area contributed by atoms with E-state index in [-0.39, 0.29) is 6.10 Å². The summed E-state index contributed by atoms with van der Waals surface area (Å²) in [6.07, 6.45) is 4.93. The second-order valence-corrected chi connectivity index (χ2v) is 3.38. The molecular formula is C11H12N2O2. The van der Waals surface area contributed by atoms with Gasteiger partial charge in [0.15, 0.2) is 0 Å². The third-order valence-corrected chi connectivity index (χ3v) is 1.76. The average Bonchev–Trinajstić information content (AvgIpc) is 2.71. The smallest absolute Gasteiger partial charge is 0.244 e. The second kappa shape index (κ2) is 4.13.